The van der Waals surface area contributed by atoms with E-state index in [1.54, 1.807) is 0 Å². The number of methoxy groups -OCH3 is 1. The monoisotopic (exact) mass is 281 g/mol. The van der Waals surface area contributed by atoms with Gasteiger partial charge in [0.15, 0.2) is 0 Å². The summed E-state index contributed by atoms with van der Waals surface area (Å²) in [5.74, 6) is 0. The number of fused-ring (bicyclic) bond motifs is 1. The molecule has 0 saturated carbocycles. The molecule has 0 aliphatic carbocycles. The fourth-order valence-electron chi connectivity index (χ4n) is 3.04. The van der Waals surface area contributed by atoms with Gasteiger partial charge in [0.1, 0.15) is 0 Å². The molecule has 0 saturated heterocycles. The molecule has 108 valence electrons. The van der Waals surface area contributed by atoms with Crippen molar-refractivity contribution in [3.05, 3.63) is 71.3 Å². The van der Waals surface area contributed by atoms with Crippen molar-refractivity contribution >= 4 is 6.09 Å². The summed E-state index contributed by atoms with van der Waals surface area (Å²) in [6.07, 6.45) is 1.45. The maximum atomic E-state index is 12.1. The number of benzene rings is 2. The van der Waals surface area contributed by atoms with Crippen LogP contribution in [0.15, 0.2) is 54.6 Å². The second kappa shape index (κ2) is 6.00. The van der Waals surface area contributed by atoms with Gasteiger partial charge in [0, 0.05) is 6.54 Å². The van der Waals surface area contributed by atoms with Gasteiger partial charge in [-0.15, -0.1) is 0 Å². The second-order valence-electron chi connectivity index (χ2n) is 5.32. The molecule has 0 unspecified atom stereocenters. The van der Waals surface area contributed by atoms with E-state index in [1.807, 2.05) is 29.2 Å². The van der Waals surface area contributed by atoms with Crippen molar-refractivity contribution in [2.45, 2.75) is 18.9 Å². The van der Waals surface area contributed by atoms with Gasteiger partial charge in [-0.2, -0.15) is 0 Å². The van der Waals surface area contributed by atoms with Crippen molar-refractivity contribution in [3.8, 4) is 0 Å². The summed E-state index contributed by atoms with van der Waals surface area (Å²) in [5.41, 5.74) is 3.80. The van der Waals surface area contributed by atoms with Gasteiger partial charge in [0.25, 0.3) is 0 Å². The molecule has 3 nitrogen and oxygen atoms in total. The summed E-state index contributed by atoms with van der Waals surface area (Å²) < 4.78 is 4.96. The van der Waals surface area contributed by atoms with Gasteiger partial charge in [0.2, 0.25) is 0 Å². The lowest BCUT2D eigenvalue weighted by molar-refractivity contribution is 0.101. The fourth-order valence-corrected chi connectivity index (χ4v) is 3.04. The van der Waals surface area contributed by atoms with Gasteiger partial charge < -0.3 is 9.64 Å². The molecule has 1 aliphatic heterocycles. The highest BCUT2D eigenvalue weighted by atomic mass is 16.5. The summed E-state index contributed by atoms with van der Waals surface area (Å²) in [6.45, 7) is 0.710. The highest BCUT2D eigenvalue weighted by Crippen LogP contribution is 2.32. The van der Waals surface area contributed by atoms with Gasteiger partial charge >= 0.3 is 6.09 Å². The highest BCUT2D eigenvalue weighted by molar-refractivity contribution is 5.69. The van der Waals surface area contributed by atoms with Crippen LogP contribution < -0.4 is 0 Å². The number of hydrogen-bond donors (Lipinski definition) is 0. The molecule has 0 spiro atoms. The zero-order valence-corrected chi connectivity index (χ0v) is 12.2. The Morgan fingerprint density at radius 2 is 1.86 bits per heavy atom. The van der Waals surface area contributed by atoms with E-state index < -0.39 is 0 Å². The molecule has 1 amide bonds. The maximum absolute atomic E-state index is 12.1. The molecule has 2 aromatic rings. The van der Waals surface area contributed by atoms with Crippen LogP contribution in [-0.4, -0.2) is 24.6 Å². The molecule has 2 aromatic carbocycles. The zero-order valence-electron chi connectivity index (χ0n) is 12.2. The van der Waals surface area contributed by atoms with E-state index in [9.17, 15) is 4.79 Å². The number of carbonyl (C=O) groups is 1. The summed E-state index contributed by atoms with van der Waals surface area (Å²) >= 11 is 0. The van der Waals surface area contributed by atoms with Gasteiger partial charge in [-0.25, -0.2) is 4.79 Å². The van der Waals surface area contributed by atoms with Crippen LogP contribution in [0.5, 0.6) is 0 Å². The van der Waals surface area contributed by atoms with E-state index in [0.29, 0.717) is 6.54 Å². The van der Waals surface area contributed by atoms with Crippen LogP contribution in [0, 0.1) is 0 Å². The maximum Gasteiger partial charge on any atom is 0.410 e. The Kier molecular flexibility index (Phi) is 3.91. The molecule has 0 radical (unpaired) electrons. The number of rotatable bonds is 2. The summed E-state index contributed by atoms with van der Waals surface area (Å²) in [5, 5.41) is 0. The predicted molar refractivity (Wildman–Crippen MR) is 82.1 cm³/mol. The van der Waals surface area contributed by atoms with Gasteiger partial charge in [-0.3, -0.25) is 0 Å². The van der Waals surface area contributed by atoms with Gasteiger partial charge in [-0.1, -0.05) is 54.6 Å². The Hall–Kier alpha value is -2.29. The van der Waals surface area contributed by atoms with Crippen LogP contribution in [0.25, 0.3) is 0 Å². The van der Waals surface area contributed by atoms with Crippen molar-refractivity contribution in [1.29, 1.82) is 0 Å². The molecule has 1 heterocycles. The van der Waals surface area contributed by atoms with Crippen LogP contribution in [0.2, 0.25) is 0 Å². The average Bonchev–Trinajstić information content (AvgIpc) is 2.55. The molecule has 3 heteroatoms. The standard InChI is InChI=1S/C18H19NO2/c1-21-18(20)19-12-11-15-9-5-6-10-16(15)17(19)13-14-7-3-2-4-8-14/h2-10,17H,11-13H2,1H3/t17-/m0/s1. The van der Waals surface area contributed by atoms with Crippen molar-refractivity contribution in [2.24, 2.45) is 0 Å². The molecule has 3 rings (SSSR count). The Balaban J connectivity index is 1.96. The van der Waals surface area contributed by atoms with Crippen molar-refractivity contribution in [2.75, 3.05) is 13.7 Å². The largest absolute Gasteiger partial charge is 0.453 e. The quantitative estimate of drug-likeness (QED) is 0.842. The zero-order chi connectivity index (χ0) is 14.7. The molecule has 1 atom stereocenters. The SMILES string of the molecule is COC(=O)N1CCc2ccccc2[C@@H]1Cc1ccccc1. The van der Waals surface area contributed by atoms with Crippen molar-refractivity contribution in [3.63, 3.8) is 0 Å². The molecular weight excluding hydrogens is 262 g/mol. The minimum absolute atomic E-state index is 0.0461. The summed E-state index contributed by atoms with van der Waals surface area (Å²) in [4.78, 5) is 13.9. The first kappa shape index (κ1) is 13.7. The van der Waals surface area contributed by atoms with Crippen molar-refractivity contribution < 1.29 is 9.53 Å². The number of hydrogen-bond acceptors (Lipinski definition) is 2. The van der Waals surface area contributed by atoms with Crippen LogP contribution in [0.3, 0.4) is 0 Å². The second-order valence-corrected chi connectivity index (χ2v) is 5.32. The summed E-state index contributed by atoms with van der Waals surface area (Å²) in [6, 6.07) is 18.7. The normalized spacial score (nSPS) is 17.2. The first-order chi connectivity index (χ1) is 10.3. The van der Waals surface area contributed by atoms with E-state index >= 15 is 0 Å². The number of ether oxygens (including phenoxy) is 1. The lowest BCUT2D eigenvalue weighted by Crippen LogP contribution is -2.40. The van der Waals surface area contributed by atoms with Crippen LogP contribution >= 0.6 is 0 Å². The first-order valence-corrected chi connectivity index (χ1v) is 7.26. The van der Waals surface area contributed by atoms with E-state index in [1.165, 1.54) is 23.8 Å². The predicted octanol–water partition coefficient (Wildman–Crippen LogP) is 3.59. The van der Waals surface area contributed by atoms with Gasteiger partial charge in [0.05, 0.1) is 13.2 Å². The van der Waals surface area contributed by atoms with Crippen LogP contribution in [0.1, 0.15) is 22.7 Å². The molecular formula is C18H19NO2. The third-order valence-corrected chi connectivity index (χ3v) is 4.09. The first-order valence-electron chi connectivity index (χ1n) is 7.26. The fraction of sp³-hybridized carbons (Fsp3) is 0.278. The van der Waals surface area contributed by atoms with E-state index in [-0.39, 0.29) is 12.1 Å². The Labute approximate surface area is 125 Å². The van der Waals surface area contributed by atoms with E-state index in [2.05, 4.69) is 30.3 Å². The highest BCUT2D eigenvalue weighted by Gasteiger charge is 2.31. The Morgan fingerprint density at radius 1 is 1.14 bits per heavy atom. The third-order valence-electron chi connectivity index (χ3n) is 4.09. The third kappa shape index (κ3) is 2.77. The lowest BCUT2D eigenvalue weighted by atomic mass is 9.89. The number of carbonyl (C=O) groups excluding carboxylic acids is 1. The van der Waals surface area contributed by atoms with Crippen molar-refractivity contribution in [1.82, 2.24) is 4.90 Å². The molecule has 21 heavy (non-hydrogen) atoms. The molecule has 0 N–H and O–H groups in total. The average molecular weight is 281 g/mol. The molecule has 0 aromatic heterocycles. The molecule has 1 aliphatic rings. The van der Waals surface area contributed by atoms with E-state index in [4.69, 9.17) is 4.74 Å². The molecule has 0 fully saturated rings. The summed E-state index contributed by atoms with van der Waals surface area (Å²) in [7, 11) is 1.45. The minimum atomic E-state index is -0.245. The topological polar surface area (TPSA) is 29.5 Å². The lowest BCUT2D eigenvalue weighted by Gasteiger charge is -2.36. The minimum Gasteiger partial charge on any atom is -0.453 e. The van der Waals surface area contributed by atoms with Crippen LogP contribution in [-0.2, 0) is 17.6 Å². The number of amides is 1. The van der Waals surface area contributed by atoms with E-state index in [0.717, 1.165) is 12.8 Å². The molecule has 0 bridgehead atoms. The smallest absolute Gasteiger partial charge is 0.410 e. The Bertz CT molecular complexity index is 624. The number of nitrogens with zero attached hydrogens (tertiary/aromatic N) is 1. The van der Waals surface area contributed by atoms with Crippen LogP contribution in [0.4, 0.5) is 4.79 Å². The van der Waals surface area contributed by atoms with Gasteiger partial charge in [-0.05, 0) is 29.5 Å². The Morgan fingerprint density at radius 3 is 2.62 bits per heavy atom.